The molecule has 0 aromatic carbocycles. The van der Waals surface area contributed by atoms with Gasteiger partial charge in [-0.15, -0.1) is 0 Å². The van der Waals surface area contributed by atoms with Crippen molar-refractivity contribution in [3.63, 3.8) is 0 Å². The van der Waals surface area contributed by atoms with Crippen LogP contribution >= 0.6 is 0 Å². The average Bonchev–Trinajstić information content (AvgIpc) is 3.35. The van der Waals surface area contributed by atoms with E-state index in [2.05, 4.69) is 21.8 Å². The van der Waals surface area contributed by atoms with E-state index in [0.29, 0.717) is 11.2 Å². The van der Waals surface area contributed by atoms with E-state index in [1.54, 1.807) is 33.9 Å². The van der Waals surface area contributed by atoms with Crippen molar-refractivity contribution in [2.45, 2.75) is 12.8 Å². The highest BCUT2D eigenvalue weighted by Crippen LogP contribution is 2.13. The van der Waals surface area contributed by atoms with Gasteiger partial charge >= 0.3 is 0 Å². The first-order chi connectivity index (χ1) is 12.1. The summed E-state index contributed by atoms with van der Waals surface area (Å²) in [6.07, 6.45) is 10.6. The van der Waals surface area contributed by atoms with Crippen LogP contribution in [0.5, 0.6) is 0 Å². The Morgan fingerprint density at radius 3 is 2.68 bits per heavy atom. The number of amides is 1. The summed E-state index contributed by atoms with van der Waals surface area (Å²) in [5, 5.41) is 8.10. The molecule has 1 amide bonds. The molecule has 0 aliphatic carbocycles. The molecular weight excluding hydrogens is 320 g/mol. The summed E-state index contributed by atoms with van der Waals surface area (Å²) in [6, 6.07) is 1.67. The number of aryl methyl sites for hydroxylation is 1. The fraction of sp³-hybridized carbons (Fsp3) is 0.294. The van der Waals surface area contributed by atoms with Crippen LogP contribution in [0, 0.1) is 0 Å². The number of likely N-dealkylation sites (tertiary alicyclic amines) is 1. The third kappa shape index (κ3) is 3.68. The number of rotatable bonds is 2. The Morgan fingerprint density at radius 1 is 1.28 bits per heavy atom. The maximum absolute atomic E-state index is 11.7. The molecule has 1 aliphatic heterocycles. The van der Waals surface area contributed by atoms with Gasteiger partial charge in [0.05, 0.1) is 24.3 Å². The van der Waals surface area contributed by atoms with Gasteiger partial charge in [-0.25, -0.2) is 4.52 Å². The molecule has 130 valence electrons. The van der Waals surface area contributed by atoms with Gasteiger partial charge < -0.3 is 9.88 Å². The Kier molecular flexibility index (Phi) is 4.78. The molecule has 1 aliphatic rings. The average molecular weight is 340 g/mol. The van der Waals surface area contributed by atoms with E-state index in [9.17, 15) is 9.59 Å². The Labute approximate surface area is 144 Å². The first-order valence-electron chi connectivity index (χ1n) is 8.05. The lowest BCUT2D eigenvalue weighted by Crippen LogP contribution is -2.25. The van der Waals surface area contributed by atoms with Crippen LogP contribution in [0.15, 0.2) is 48.3 Å². The standard InChI is InChI=1S/C10H9N5O.C7H11NO/c1-14-5-7(4-12-14)8-6-15-9(2-3-11-15)10(16)13-8;1-2-7(9)8-5-3-4-6-8/h2-6H,1H3,(H,13,16);2H,1,3-6H2. The van der Waals surface area contributed by atoms with Crippen molar-refractivity contribution in [3.05, 3.63) is 53.9 Å². The van der Waals surface area contributed by atoms with Gasteiger partial charge in [-0.2, -0.15) is 10.2 Å². The molecule has 1 fully saturated rings. The van der Waals surface area contributed by atoms with Crippen LogP contribution < -0.4 is 5.56 Å². The first kappa shape index (κ1) is 16.7. The fourth-order valence-corrected chi connectivity index (χ4v) is 2.71. The third-order valence-corrected chi connectivity index (χ3v) is 4.01. The molecular formula is C17H20N6O2. The zero-order chi connectivity index (χ0) is 17.8. The molecule has 4 rings (SSSR count). The molecule has 1 saturated heterocycles. The molecule has 4 heterocycles. The molecule has 3 aromatic rings. The number of aromatic amines is 1. The summed E-state index contributed by atoms with van der Waals surface area (Å²) in [6.45, 7) is 5.26. The summed E-state index contributed by atoms with van der Waals surface area (Å²) in [7, 11) is 1.83. The van der Waals surface area contributed by atoms with Crippen LogP contribution in [0.2, 0.25) is 0 Å². The first-order valence-corrected chi connectivity index (χ1v) is 8.05. The van der Waals surface area contributed by atoms with E-state index in [-0.39, 0.29) is 11.5 Å². The number of carbonyl (C=O) groups is 1. The minimum absolute atomic E-state index is 0.0764. The second kappa shape index (κ2) is 7.16. The maximum atomic E-state index is 11.7. The van der Waals surface area contributed by atoms with Crippen molar-refractivity contribution in [1.82, 2.24) is 29.3 Å². The minimum atomic E-state index is -0.154. The molecule has 0 atom stereocenters. The van der Waals surface area contributed by atoms with E-state index < -0.39 is 0 Å². The van der Waals surface area contributed by atoms with Gasteiger partial charge in [-0.05, 0) is 25.0 Å². The van der Waals surface area contributed by atoms with Gasteiger partial charge in [0.15, 0.2) is 0 Å². The number of carbonyl (C=O) groups excluding carboxylic acids is 1. The second-order valence-electron chi connectivity index (χ2n) is 5.80. The summed E-state index contributed by atoms with van der Waals surface area (Å²) < 4.78 is 3.24. The number of nitrogens with one attached hydrogen (secondary N) is 1. The third-order valence-electron chi connectivity index (χ3n) is 4.01. The van der Waals surface area contributed by atoms with Crippen molar-refractivity contribution in [3.8, 4) is 11.3 Å². The summed E-state index contributed by atoms with van der Waals surface area (Å²) >= 11 is 0. The Hall–Kier alpha value is -3.16. The highest BCUT2D eigenvalue weighted by Gasteiger charge is 2.14. The van der Waals surface area contributed by atoms with Crippen LogP contribution in [0.1, 0.15) is 12.8 Å². The van der Waals surface area contributed by atoms with Gasteiger partial charge in [-0.1, -0.05) is 6.58 Å². The van der Waals surface area contributed by atoms with Crippen molar-refractivity contribution in [2.24, 2.45) is 7.05 Å². The zero-order valence-electron chi connectivity index (χ0n) is 14.1. The molecule has 3 aromatic heterocycles. The summed E-state index contributed by atoms with van der Waals surface area (Å²) in [5.41, 5.74) is 1.94. The second-order valence-corrected chi connectivity index (χ2v) is 5.80. The molecule has 1 N–H and O–H groups in total. The Bertz CT molecular complexity index is 945. The Morgan fingerprint density at radius 2 is 2.04 bits per heavy atom. The van der Waals surface area contributed by atoms with Gasteiger partial charge in [0.25, 0.3) is 5.56 Å². The van der Waals surface area contributed by atoms with E-state index in [4.69, 9.17) is 0 Å². The predicted octanol–water partition coefficient (Wildman–Crippen LogP) is 1.22. The fourth-order valence-electron chi connectivity index (χ4n) is 2.71. The number of fused-ring (bicyclic) bond motifs is 1. The van der Waals surface area contributed by atoms with Crippen LogP contribution in [0.3, 0.4) is 0 Å². The highest BCUT2D eigenvalue weighted by molar-refractivity contribution is 5.87. The number of H-pyrrole nitrogens is 1. The van der Waals surface area contributed by atoms with Crippen molar-refractivity contribution in [2.75, 3.05) is 13.1 Å². The van der Waals surface area contributed by atoms with E-state index >= 15 is 0 Å². The number of hydrogen-bond acceptors (Lipinski definition) is 4. The SMILES string of the molecule is C=CC(=O)N1CCCC1.Cn1cc(-c2cn3nccc3c(=O)[nH]2)cn1. The molecule has 0 radical (unpaired) electrons. The van der Waals surface area contributed by atoms with E-state index in [0.717, 1.165) is 31.5 Å². The molecule has 0 saturated carbocycles. The smallest absolute Gasteiger partial charge is 0.274 e. The van der Waals surface area contributed by atoms with Gasteiger partial charge in [0.2, 0.25) is 5.91 Å². The van der Waals surface area contributed by atoms with Crippen molar-refractivity contribution in [1.29, 1.82) is 0 Å². The molecule has 25 heavy (non-hydrogen) atoms. The van der Waals surface area contributed by atoms with Crippen LogP contribution in [-0.2, 0) is 11.8 Å². The molecule has 8 heteroatoms. The lowest BCUT2D eigenvalue weighted by molar-refractivity contribution is -0.124. The normalized spacial score (nSPS) is 13.6. The van der Waals surface area contributed by atoms with Crippen LogP contribution in [-0.4, -0.2) is 48.3 Å². The lowest BCUT2D eigenvalue weighted by atomic mass is 10.3. The number of aromatic nitrogens is 5. The zero-order valence-corrected chi connectivity index (χ0v) is 14.1. The van der Waals surface area contributed by atoms with Crippen LogP contribution in [0.4, 0.5) is 0 Å². The topological polar surface area (TPSA) is 88.3 Å². The van der Waals surface area contributed by atoms with Crippen molar-refractivity contribution < 1.29 is 4.79 Å². The van der Waals surface area contributed by atoms with Gasteiger partial charge in [-0.3, -0.25) is 14.3 Å². The largest absolute Gasteiger partial charge is 0.339 e. The van der Waals surface area contributed by atoms with E-state index in [1.165, 1.54) is 6.08 Å². The summed E-state index contributed by atoms with van der Waals surface area (Å²) in [5.74, 6) is 0.0764. The summed E-state index contributed by atoms with van der Waals surface area (Å²) in [4.78, 5) is 27.1. The quantitative estimate of drug-likeness (QED) is 0.711. The lowest BCUT2D eigenvalue weighted by Gasteiger charge is -2.10. The number of nitrogens with zero attached hydrogens (tertiary/aromatic N) is 5. The van der Waals surface area contributed by atoms with E-state index in [1.807, 2.05) is 18.1 Å². The van der Waals surface area contributed by atoms with Crippen molar-refractivity contribution >= 4 is 11.4 Å². The molecule has 0 bridgehead atoms. The molecule has 0 spiro atoms. The predicted molar refractivity (Wildman–Crippen MR) is 94.0 cm³/mol. The molecule has 8 nitrogen and oxygen atoms in total. The highest BCUT2D eigenvalue weighted by atomic mass is 16.2. The van der Waals surface area contributed by atoms with Crippen LogP contribution in [0.25, 0.3) is 16.8 Å². The number of hydrogen-bond donors (Lipinski definition) is 1. The molecule has 0 unspecified atom stereocenters. The monoisotopic (exact) mass is 340 g/mol. The van der Waals surface area contributed by atoms with Gasteiger partial charge in [0, 0.05) is 31.9 Å². The van der Waals surface area contributed by atoms with Gasteiger partial charge in [0.1, 0.15) is 5.52 Å². The maximum Gasteiger partial charge on any atom is 0.274 e. The Balaban J connectivity index is 0.000000173. The minimum Gasteiger partial charge on any atom is -0.339 e.